The Balaban J connectivity index is 1.34. The third-order valence-corrected chi connectivity index (χ3v) is 7.11. The highest BCUT2D eigenvalue weighted by Crippen LogP contribution is 2.39. The van der Waals surface area contributed by atoms with Crippen molar-refractivity contribution < 1.29 is 33.1 Å². The highest BCUT2D eigenvalue weighted by atomic mass is 32.1. The number of carbonyl (C=O) groups excluding carboxylic acids is 2. The molecule has 1 N–H and O–H groups in total. The molecule has 0 fully saturated rings. The van der Waals surface area contributed by atoms with Crippen molar-refractivity contribution in [1.29, 1.82) is 0 Å². The lowest BCUT2D eigenvalue weighted by Gasteiger charge is -2.18. The van der Waals surface area contributed by atoms with Crippen LogP contribution in [0, 0.1) is 0 Å². The van der Waals surface area contributed by atoms with Crippen LogP contribution in [0.4, 0.5) is 5.00 Å². The number of hydrogen-bond acceptors (Lipinski definition) is 9. The van der Waals surface area contributed by atoms with Gasteiger partial charge in [-0.15, -0.1) is 11.3 Å². The fraction of sp³-hybridized carbons (Fsp3) is 0.400. The lowest BCUT2D eigenvalue weighted by molar-refractivity contribution is 0.0468. The minimum Gasteiger partial charge on any atom is -0.486 e. The Morgan fingerprint density at radius 1 is 1.09 bits per heavy atom. The van der Waals surface area contributed by atoms with E-state index in [2.05, 4.69) is 10.5 Å². The van der Waals surface area contributed by atoms with E-state index in [0.29, 0.717) is 59.6 Å². The van der Waals surface area contributed by atoms with Gasteiger partial charge >= 0.3 is 5.97 Å². The lowest BCUT2D eigenvalue weighted by Crippen LogP contribution is -2.16. The quantitative estimate of drug-likeness (QED) is 0.357. The van der Waals surface area contributed by atoms with Crippen LogP contribution in [0.15, 0.2) is 28.8 Å². The predicted octanol–water partition coefficient (Wildman–Crippen LogP) is 4.50. The molecule has 2 aliphatic rings. The summed E-state index contributed by atoms with van der Waals surface area (Å²) in [5.41, 5.74) is 2.25. The Kier molecular flexibility index (Phi) is 7.01. The first-order chi connectivity index (χ1) is 17.1. The van der Waals surface area contributed by atoms with Crippen molar-refractivity contribution in [2.24, 2.45) is 0 Å². The van der Waals surface area contributed by atoms with Crippen LogP contribution in [-0.2, 0) is 22.3 Å². The SMILES string of the molecule is COCCCOC(=O)c1c(NC(=O)c2cc(-c3ccc4c(c3)OCCO4)on2)sc2c1CCCC2. The Bertz CT molecular complexity index is 1230. The molecule has 5 rings (SSSR count). The second-order valence-electron chi connectivity index (χ2n) is 8.29. The van der Waals surface area contributed by atoms with Gasteiger partial charge in [0.25, 0.3) is 5.91 Å². The molecule has 2 aromatic heterocycles. The molecule has 0 atom stereocenters. The van der Waals surface area contributed by atoms with E-state index in [1.54, 1.807) is 25.3 Å². The first-order valence-corrected chi connectivity index (χ1v) is 12.4. The van der Waals surface area contributed by atoms with Gasteiger partial charge in [-0.05, 0) is 49.4 Å². The lowest BCUT2D eigenvalue weighted by atomic mass is 9.95. The van der Waals surface area contributed by atoms with Crippen molar-refractivity contribution in [3.63, 3.8) is 0 Å². The number of thiophene rings is 1. The molecule has 1 amide bonds. The van der Waals surface area contributed by atoms with Gasteiger partial charge in [0.05, 0.1) is 12.2 Å². The van der Waals surface area contributed by atoms with Crippen molar-refractivity contribution >= 4 is 28.2 Å². The molecule has 1 aliphatic carbocycles. The maximum atomic E-state index is 13.0. The number of anilines is 1. The summed E-state index contributed by atoms with van der Waals surface area (Å²) in [4.78, 5) is 27.1. The van der Waals surface area contributed by atoms with Gasteiger partial charge in [0.2, 0.25) is 0 Å². The summed E-state index contributed by atoms with van der Waals surface area (Å²) < 4.78 is 27.1. The second-order valence-corrected chi connectivity index (χ2v) is 9.39. The molecule has 9 nitrogen and oxygen atoms in total. The predicted molar refractivity (Wildman–Crippen MR) is 129 cm³/mol. The molecule has 0 spiro atoms. The third kappa shape index (κ3) is 5.03. The Morgan fingerprint density at radius 3 is 2.77 bits per heavy atom. The Labute approximate surface area is 206 Å². The number of benzene rings is 1. The molecule has 35 heavy (non-hydrogen) atoms. The first-order valence-electron chi connectivity index (χ1n) is 11.6. The summed E-state index contributed by atoms with van der Waals surface area (Å²) in [7, 11) is 1.60. The van der Waals surface area contributed by atoms with Gasteiger partial charge in [0.15, 0.2) is 23.0 Å². The molecule has 184 valence electrons. The van der Waals surface area contributed by atoms with Gasteiger partial charge in [-0.25, -0.2) is 4.79 Å². The molecule has 0 saturated carbocycles. The molecular formula is C25H26N2O7S. The zero-order valence-corrected chi connectivity index (χ0v) is 20.2. The molecule has 3 heterocycles. The standard InChI is InChI=1S/C25H26N2O7S/c1-30-9-4-10-33-25(29)22-16-5-2-3-6-21(16)35-24(22)26-23(28)17-14-19(34-27-17)15-7-8-18-20(13-15)32-12-11-31-18/h7-8,13-14H,2-6,9-12H2,1H3,(H,26,28). The fourth-order valence-corrected chi connectivity index (χ4v) is 5.46. The van der Waals surface area contributed by atoms with Gasteiger partial charge < -0.3 is 28.8 Å². The van der Waals surface area contributed by atoms with Crippen LogP contribution in [0.3, 0.4) is 0 Å². The van der Waals surface area contributed by atoms with E-state index >= 15 is 0 Å². The first kappa shape index (κ1) is 23.4. The van der Waals surface area contributed by atoms with Crippen molar-refractivity contribution in [1.82, 2.24) is 5.16 Å². The number of rotatable bonds is 8. The number of amides is 1. The Morgan fingerprint density at radius 2 is 1.91 bits per heavy atom. The number of esters is 1. The molecule has 0 saturated heterocycles. The van der Waals surface area contributed by atoms with E-state index in [9.17, 15) is 9.59 Å². The number of nitrogens with zero attached hydrogens (tertiary/aromatic N) is 1. The molecule has 0 radical (unpaired) electrons. The average molecular weight is 499 g/mol. The fourth-order valence-electron chi connectivity index (χ4n) is 4.19. The largest absolute Gasteiger partial charge is 0.486 e. The topological polar surface area (TPSA) is 109 Å². The van der Waals surface area contributed by atoms with E-state index in [-0.39, 0.29) is 12.3 Å². The van der Waals surface area contributed by atoms with Crippen LogP contribution in [0.1, 0.15) is 50.5 Å². The van der Waals surface area contributed by atoms with E-state index in [1.165, 1.54) is 11.3 Å². The summed E-state index contributed by atoms with van der Waals surface area (Å²) in [6.45, 7) is 1.75. The summed E-state index contributed by atoms with van der Waals surface area (Å²) in [5.74, 6) is 0.836. The molecule has 0 bridgehead atoms. The normalized spacial score (nSPS) is 14.3. The number of carbonyl (C=O) groups is 2. The van der Waals surface area contributed by atoms with Gasteiger partial charge in [0, 0.05) is 36.6 Å². The van der Waals surface area contributed by atoms with E-state index in [4.69, 9.17) is 23.5 Å². The highest BCUT2D eigenvalue weighted by Gasteiger charge is 2.28. The van der Waals surface area contributed by atoms with Crippen molar-refractivity contribution in [3.8, 4) is 22.8 Å². The number of methoxy groups -OCH3 is 1. The number of ether oxygens (including phenoxy) is 4. The summed E-state index contributed by atoms with van der Waals surface area (Å²) in [6, 6.07) is 6.98. The number of hydrogen-bond donors (Lipinski definition) is 1. The zero-order valence-electron chi connectivity index (χ0n) is 19.4. The van der Waals surface area contributed by atoms with Crippen LogP contribution < -0.4 is 14.8 Å². The molecule has 3 aromatic rings. The number of fused-ring (bicyclic) bond motifs is 2. The molecule has 10 heteroatoms. The van der Waals surface area contributed by atoms with Crippen molar-refractivity contribution in [3.05, 3.63) is 46.0 Å². The molecular weight excluding hydrogens is 472 g/mol. The van der Waals surface area contributed by atoms with Gasteiger partial charge in [-0.1, -0.05) is 5.16 Å². The van der Waals surface area contributed by atoms with E-state index < -0.39 is 11.9 Å². The van der Waals surface area contributed by atoms with Crippen LogP contribution >= 0.6 is 11.3 Å². The number of aryl methyl sites for hydroxylation is 1. The summed E-state index contributed by atoms with van der Waals surface area (Å²) in [6.07, 6.45) is 4.35. The van der Waals surface area contributed by atoms with E-state index in [1.807, 2.05) is 6.07 Å². The summed E-state index contributed by atoms with van der Waals surface area (Å²) >= 11 is 1.43. The van der Waals surface area contributed by atoms with Crippen LogP contribution in [0.25, 0.3) is 11.3 Å². The average Bonchev–Trinajstić information content (AvgIpc) is 3.51. The molecule has 1 aromatic carbocycles. The van der Waals surface area contributed by atoms with Crippen LogP contribution in [-0.4, -0.2) is 50.6 Å². The number of aromatic nitrogens is 1. The molecule has 1 aliphatic heterocycles. The zero-order chi connectivity index (χ0) is 24.2. The maximum absolute atomic E-state index is 13.0. The van der Waals surface area contributed by atoms with Gasteiger partial charge in [-0.3, -0.25) is 4.79 Å². The highest BCUT2D eigenvalue weighted by molar-refractivity contribution is 7.17. The van der Waals surface area contributed by atoms with Gasteiger partial charge in [0.1, 0.15) is 18.2 Å². The van der Waals surface area contributed by atoms with Crippen LogP contribution in [0.5, 0.6) is 11.5 Å². The maximum Gasteiger partial charge on any atom is 0.341 e. The van der Waals surface area contributed by atoms with Crippen LogP contribution in [0.2, 0.25) is 0 Å². The van der Waals surface area contributed by atoms with Crippen molar-refractivity contribution in [2.45, 2.75) is 32.1 Å². The van der Waals surface area contributed by atoms with E-state index in [0.717, 1.165) is 36.1 Å². The summed E-state index contributed by atoms with van der Waals surface area (Å²) in [5, 5.41) is 7.30. The van der Waals surface area contributed by atoms with Crippen molar-refractivity contribution in [2.75, 3.05) is 38.9 Å². The minimum absolute atomic E-state index is 0.112. The smallest absolute Gasteiger partial charge is 0.341 e. The Hall–Kier alpha value is -3.37. The minimum atomic E-state index is -0.454. The second kappa shape index (κ2) is 10.5. The monoisotopic (exact) mass is 498 g/mol. The van der Waals surface area contributed by atoms with Gasteiger partial charge in [-0.2, -0.15) is 0 Å². The number of nitrogens with one attached hydrogen (secondary N) is 1. The third-order valence-electron chi connectivity index (χ3n) is 5.90. The molecule has 0 unspecified atom stereocenters.